The average Bonchev–Trinajstić information content (AvgIpc) is 3.13. The highest BCUT2D eigenvalue weighted by Crippen LogP contribution is 2.25. The van der Waals surface area contributed by atoms with E-state index in [1.54, 1.807) is 11.3 Å². The third-order valence-electron chi connectivity index (χ3n) is 3.87. The number of aromatic nitrogens is 3. The number of nitrogens with zero attached hydrogens (tertiary/aromatic N) is 3. The minimum absolute atomic E-state index is 0.168. The molecule has 0 aliphatic heterocycles. The van der Waals surface area contributed by atoms with Gasteiger partial charge in [-0.2, -0.15) is 5.10 Å². The lowest BCUT2D eigenvalue weighted by atomic mass is 10.1. The van der Waals surface area contributed by atoms with Crippen LogP contribution in [-0.2, 0) is 0 Å². The predicted molar refractivity (Wildman–Crippen MR) is 91.9 cm³/mol. The van der Waals surface area contributed by atoms with Gasteiger partial charge in [0.25, 0.3) is 0 Å². The largest absolute Gasteiger partial charge is 0.374 e. The normalized spacial score (nSPS) is 12.4. The minimum atomic E-state index is 0.168. The van der Waals surface area contributed by atoms with Crippen LogP contribution in [0.15, 0.2) is 35.3 Å². The molecule has 3 aromatic rings. The minimum Gasteiger partial charge on any atom is -0.374 e. The fourth-order valence-electron chi connectivity index (χ4n) is 2.48. The van der Waals surface area contributed by atoms with Crippen molar-refractivity contribution in [1.29, 1.82) is 0 Å². The van der Waals surface area contributed by atoms with Crippen LogP contribution in [0.2, 0.25) is 0 Å². The van der Waals surface area contributed by atoms with Crippen molar-refractivity contribution in [2.75, 3.05) is 5.32 Å². The van der Waals surface area contributed by atoms with Crippen LogP contribution in [0.3, 0.4) is 0 Å². The summed E-state index contributed by atoms with van der Waals surface area (Å²) in [6.45, 7) is 8.42. The second-order valence-corrected chi connectivity index (χ2v) is 6.34. The van der Waals surface area contributed by atoms with Gasteiger partial charge in [0.2, 0.25) is 0 Å². The summed E-state index contributed by atoms with van der Waals surface area (Å²) in [6.07, 6.45) is 1.89. The van der Waals surface area contributed by atoms with Crippen LogP contribution < -0.4 is 5.32 Å². The van der Waals surface area contributed by atoms with E-state index in [0.29, 0.717) is 0 Å². The predicted octanol–water partition coefficient (Wildman–Crippen LogP) is 4.43. The maximum atomic E-state index is 4.56. The van der Waals surface area contributed by atoms with Crippen molar-refractivity contribution < 1.29 is 0 Å². The van der Waals surface area contributed by atoms with E-state index in [-0.39, 0.29) is 6.04 Å². The highest BCUT2D eigenvalue weighted by Gasteiger charge is 2.13. The molecule has 1 N–H and O–H groups in total. The maximum absolute atomic E-state index is 4.56. The quantitative estimate of drug-likeness (QED) is 0.775. The molecular weight excluding hydrogens is 292 g/mol. The third kappa shape index (κ3) is 2.76. The molecule has 4 nitrogen and oxygen atoms in total. The van der Waals surface area contributed by atoms with E-state index in [1.807, 2.05) is 16.4 Å². The van der Waals surface area contributed by atoms with Crippen molar-refractivity contribution in [3.05, 3.63) is 57.8 Å². The van der Waals surface area contributed by atoms with Crippen molar-refractivity contribution in [3.8, 4) is 5.69 Å². The van der Waals surface area contributed by atoms with Crippen molar-refractivity contribution in [2.24, 2.45) is 0 Å². The van der Waals surface area contributed by atoms with Gasteiger partial charge < -0.3 is 5.32 Å². The maximum Gasteiger partial charge on any atom is 0.0795 e. The molecule has 2 aromatic heterocycles. The number of anilines is 1. The van der Waals surface area contributed by atoms with Crippen LogP contribution in [0, 0.1) is 20.8 Å². The molecule has 0 spiro atoms. The second kappa shape index (κ2) is 5.93. The molecule has 0 bridgehead atoms. The van der Waals surface area contributed by atoms with E-state index in [2.05, 4.69) is 66.7 Å². The molecule has 2 heterocycles. The van der Waals surface area contributed by atoms with E-state index in [9.17, 15) is 0 Å². The number of nitrogens with one attached hydrogen (secondary N) is 1. The summed E-state index contributed by atoms with van der Waals surface area (Å²) in [6, 6.07) is 6.60. The number of hydrogen-bond acceptors (Lipinski definition) is 4. The molecule has 1 aromatic carbocycles. The Morgan fingerprint density at radius 3 is 2.77 bits per heavy atom. The Labute approximate surface area is 134 Å². The van der Waals surface area contributed by atoms with Crippen LogP contribution in [0.1, 0.15) is 35.5 Å². The summed E-state index contributed by atoms with van der Waals surface area (Å²) in [5, 5.41) is 10.1. The second-order valence-electron chi connectivity index (χ2n) is 5.62. The number of benzene rings is 1. The first-order valence-electron chi connectivity index (χ1n) is 7.33. The van der Waals surface area contributed by atoms with Gasteiger partial charge in [0.15, 0.2) is 0 Å². The van der Waals surface area contributed by atoms with Gasteiger partial charge in [-0.1, -0.05) is 12.1 Å². The highest BCUT2D eigenvalue weighted by atomic mass is 32.1. The SMILES string of the molecule is Cc1ccc(C)c(-n2ncc(NC(C)c3cscn3)c2C)c1. The molecule has 1 unspecified atom stereocenters. The van der Waals surface area contributed by atoms with Gasteiger partial charge in [-0.25, -0.2) is 9.67 Å². The lowest BCUT2D eigenvalue weighted by Crippen LogP contribution is -2.08. The van der Waals surface area contributed by atoms with E-state index in [4.69, 9.17) is 0 Å². The Morgan fingerprint density at radius 1 is 1.23 bits per heavy atom. The molecule has 0 aliphatic carbocycles. The molecule has 0 amide bonds. The van der Waals surface area contributed by atoms with Crippen LogP contribution in [0.4, 0.5) is 5.69 Å². The van der Waals surface area contributed by atoms with Crippen LogP contribution in [0.5, 0.6) is 0 Å². The fourth-order valence-corrected chi connectivity index (χ4v) is 3.13. The van der Waals surface area contributed by atoms with Crippen LogP contribution in [0.25, 0.3) is 5.69 Å². The molecule has 114 valence electrons. The zero-order chi connectivity index (χ0) is 15.7. The summed E-state index contributed by atoms with van der Waals surface area (Å²) in [4.78, 5) is 4.36. The summed E-state index contributed by atoms with van der Waals surface area (Å²) >= 11 is 1.62. The van der Waals surface area contributed by atoms with E-state index in [1.165, 1.54) is 11.1 Å². The van der Waals surface area contributed by atoms with Gasteiger partial charge in [-0.3, -0.25) is 0 Å². The molecule has 1 atom stereocenters. The Balaban J connectivity index is 1.90. The van der Waals surface area contributed by atoms with Crippen LogP contribution >= 0.6 is 11.3 Å². The smallest absolute Gasteiger partial charge is 0.0795 e. The number of rotatable bonds is 4. The zero-order valence-corrected chi connectivity index (χ0v) is 14.1. The number of aryl methyl sites for hydroxylation is 2. The summed E-state index contributed by atoms with van der Waals surface area (Å²) in [5.74, 6) is 0. The van der Waals surface area contributed by atoms with Gasteiger partial charge in [0.1, 0.15) is 0 Å². The lowest BCUT2D eigenvalue weighted by Gasteiger charge is -2.13. The van der Waals surface area contributed by atoms with Crippen molar-refractivity contribution in [2.45, 2.75) is 33.7 Å². The van der Waals surface area contributed by atoms with E-state index in [0.717, 1.165) is 22.8 Å². The summed E-state index contributed by atoms with van der Waals surface area (Å²) in [7, 11) is 0. The fraction of sp³-hybridized carbons (Fsp3) is 0.294. The highest BCUT2D eigenvalue weighted by molar-refractivity contribution is 7.07. The van der Waals surface area contributed by atoms with E-state index >= 15 is 0 Å². The molecule has 5 heteroatoms. The first kappa shape index (κ1) is 14.8. The lowest BCUT2D eigenvalue weighted by molar-refractivity contribution is 0.831. The van der Waals surface area contributed by atoms with Gasteiger partial charge >= 0.3 is 0 Å². The van der Waals surface area contributed by atoms with Crippen LogP contribution in [-0.4, -0.2) is 14.8 Å². The molecule has 3 rings (SSSR count). The Kier molecular flexibility index (Phi) is 3.98. The third-order valence-corrected chi connectivity index (χ3v) is 4.47. The Morgan fingerprint density at radius 2 is 2.05 bits per heavy atom. The van der Waals surface area contributed by atoms with Gasteiger partial charge in [-0.15, -0.1) is 11.3 Å². The Bertz CT molecular complexity index is 774. The number of hydrogen-bond donors (Lipinski definition) is 1. The molecule has 0 fully saturated rings. The standard InChI is InChI=1S/C17H20N4S/c1-11-5-6-12(2)17(7-11)21-14(4)15(8-19-21)20-13(3)16-9-22-10-18-16/h5-10,13,20H,1-4H3. The van der Waals surface area contributed by atoms with Gasteiger partial charge in [-0.05, 0) is 44.9 Å². The summed E-state index contributed by atoms with van der Waals surface area (Å²) in [5.41, 5.74) is 8.66. The molecular formula is C17H20N4S. The first-order chi connectivity index (χ1) is 10.6. The first-order valence-corrected chi connectivity index (χ1v) is 8.27. The topological polar surface area (TPSA) is 42.7 Å². The average molecular weight is 312 g/mol. The van der Waals surface area contributed by atoms with Crippen molar-refractivity contribution in [3.63, 3.8) is 0 Å². The monoisotopic (exact) mass is 312 g/mol. The summed E-state index contributed by atoms with van der Waals surface area (Å²) < 4.78 is 2.00. The molecule has 0 aliphatic rings. The Hall–Kier alpha value is -2.14. The van der Waals surface area contributed by atoms with Crippen molar-refractivity contribution in [1.82, 2.24) is 14.8 Å². The van der Waals surface area contributed by atoms with E-state index < -0.39 is 0 Å². The molecule has 22 heavy (non-hydrogen) atoms. The zero-order valence-electron chi connectivity index (χ0n) is 13.3. The molecule has 0 saturated heterocycles. The van der Waals surface area contributed by atoms with Gasteiger partial charge in [0, 0.05) is 5.38 Å². The molecule has 0 radical (unpaired) electrons. The van der Waals surface area contributed by atoms with Gasteiger partial charge in [0.05, 0.1) is 40.5 Å². The van der Waals surface area contributed by atoms with Crippen molar-refractivity contribution >= 4 is 17.0 Å². The molecule has 0 saturated carbocycles. The number of thiazole rings is 1.